The van der Waals surface area contributed by atoms with Crippen LogP contribution in [0, 0.1) is 6.07 Å². The Kier molecular flexibility index (Phi) is 16.6. The van der Waals surface area contributed by atoms with Gasteiger partial charge < -0.3 is 5.11 Å². The van der Waals surface area contributed by atoms with Crippen LogP contribution < -0.4 is 15.9 Å². The summed E-state index contributed by atoms with van der Waals surface area (Å²) in [6.07, 6.45) is 1.71. The number of benzene rings is 8. The smallest absolute Gasteiger partial charge is 0.127 e. The molecular weight excluding hydrogens is 780 g/mol. The van der Waals surface area contributed by atoms with Crippen molar-refractivity contribution >= 4 is 47.3 Å². The molecule has 1 N–H and O–H groups in total. The van der Waals surface area contributed by atoms with Gasteiger partial charge in [0.1, 0.15) is 5.75 Å². The van der Waals surface area contributed by atoms with Crippen LogP contribution in [0.2, 0.25) is 5.02 Å². The fraction of sp³-hybridized carbons (Fsp3) is 0.0577. The maximum Gasteiger partial charge on any atom is 0.127 e. The number of rotatable bonds is 8. The van der Waals surface area contributed by atoms with Gasteiger partial charge in [0.15, 0.2) is 0 Å². The Hall–Kier alpha value is -5.56. The number of phenolic OH excluding ortho intramolecular Hbond substituents is 1. The maximum absolute atomic E-state index is 10.8. The average Bonchev–Trinajstić information content (AvgIpc) is 3.26. The molecule has 8 rings (SSSR count). The Morgan fingerprint density at radius 1 is 0.544 bits per heavy atom. The summed E-state index contributed by atoms with van der Waals surface area (Å²) in [5, 5.41) is 15.6. The van der Waals surface area contributed by atoms with Gasteiger partial charge in [-0.15, -0.1) is 0 Å². The van der Waals surface area contributed by atoms with Crippen molar-refractivity contribution in [2.45, 2.75) is 19.8 Å². The normalized spacial score (nSPS) is 10.5. The number of para-hydroxylation sites is 1. The van der Waals surface area contributed by atoms with E-state index in [-0.39, 0.29) is 28.2 Å². The molecule has 2 nitrogen and oxygen atoms in total. The molecule has 0 aliphatic rings. The predicted octanol–water partition coefficient (Wildman–Crippen LogP) is 13.2. The van der Waals surface area contributed by atoms with Gasteiger partial charge in [-0.05, 0) is 58.6 Å². The molecular formula is C52H44ClNNiOP-. The van der Waals surface area contributed by atoms with Crippen LogP contribution >= 0.6 is 19.5 Å². The molecule has 5 heteroatoms. The van der Waals surface area contributed by atoms with E-state index in [0.29, 0.717) is 10.6 Å². The molecule has 0 aliphatic heterocycles. The number of aromatic hydroxyl groups is 1. The van der Waals surface area contributed by atoms with Gasteiger partial charge in [-0.1, -0.05) is 195 Å². The van der Waals surface area contributed by atoms with Crippen molar-refractivity contribution in [3.63, 3.8) is 0 Å². The molecule has 0 aromatic heterocycles. The first-order chi connectivity index (χ1) is 27.5. The van der Waals surface area contributed by atoms with Gasteiger partial charge >= 0.3 is 0 Å². The summed E-state index contributed by atoms with van der Waals surface area (Å²) in [5.74, 6) is 0.379. The van der Waals surface area contributed by atoms with Crippen LogP contribution in [0.1, 0.15) is 30.9 Å². The van der Waals surface area contributed by atoms with E-state index < -0.39 is 7.92 Å². The van der Waals surface area contributed by atoms with Crippen molar-refractivity contribution in [3.05, 3.63) is 235 Å². The summed E-state index contributed by atoms with van der Waals surface area (Å²) in [4.78, 5) is 4.89. The molecule has 0 atom stereocenters. The zero-order chi connectivity index (χ0) is 39.0. The quantitative estimate of drug-likeness (QED) is 0.0704. The van der Waals surface area contributed by atoms with Crippen LogP contribution in [0.3, 0.4) is 0 Å². The summed E-state index contributed by atoms with van der Waals surface area (Å²) in [6, 6.07) is 75.0. The summed E-state index contributed by atoms with van der Waals surface area (Å²) in [5.41, 5.74) is 6.51. The van der Waals surface area contributed by atoms with E-state index in [1.54, 1.807) is 12.3 Å². The number of halogens is 1. The summed E-state index contributed by atoms with van der Waals surface area (Å²) < 4.78 is 0. The molecule has 8 aromatic carbocycles. The Balaban J connectivity index is 0.000000201. The molecule has 286 valence electrons. The first-order valence-electron chi connectivity index (χ1n) is 18.7. The van der Waals surface area contributed by atoms with E-state index in [1.165, 1.54) is 15.9 Å². The minimum atomic E-state index is -0.446. The number of hydrogen-bond acceptors (Lipinski definition) is 2. The third-order valence-corrected chi connectivity index (χ3v) is 11.6. The molecule has 0 bridgehead atoms. The number of nitrogens with zero attached hydrogens (tertiary/aromatic N) is 1. The van der Waals surface area contributed by atoms with Crippen molar-refractivity contribution in [1.82, 2.24) is 0 Å². The van der Waals surface area contributed by atoms with Crippen molar-refractivity contribution in [3.8, 4) is 28.0 Å². The second-order valence-corrected chi connectivity index (χ2v) is 15.9. The van der Waals surface area contributed by atoms with Crippen LogP contribution in [0.4, 0.5) is 5.69 Å². The molecule has 0 fully saturated rings. The topological polar surface area (TPSA) is 32.6 Å². The fourth-order valence-electron chi connectivity index (χ4n) is 6.22. The third-order valence-electron chi connectivity index (χ3n) is 8.94. The van der Waals surface area contributed by atoms with E-state index in [2.05, 4.69) is 140 Å². The molecule has 0 amide bonds. The van der Waals surface area contributed by atoms with Crippen LogP contribution in [-0.4, -0.2) is 11.3 Å². The Morgan fingerprint density at radius 3 is 1.32 bits per heavy atom. The monoisotopic (exact) mass is 822 g/mol. The Labute approximate surface area is 354 Å². The standard InChI is InChI=1S/C28H24ClNO.C18H15P.C6H5.Ni/c1-19(2)26-17-23(29)16-22(28(26)31)18-30-27-24(20-10-5-3-6-11-20)14-9-15-25(27)21-12-7-4-8-13-21;1-4-10-16(11-5-1)19(17-12-6-2-7-13-17)18-14-8-3-9-15-18;1-2-4-6-5-3-1;/h3-19,31H,1-2H3;1-15H;1-5H;/q;;-1;. The number of hydrogen-bond donors (Lipinski definition) is 1. The predicted molar refractivity (Wildman–Crippen MR) is 242 cm³/mol. The van der Waals surface area contributed by atoms with E-state index >= 15 is 0 Å². The summed E-state index contributed by atoms with van der Waals surface area (Å²) in [6.45, 7) is 4.06. The van der Waals surface area contributed by atoms with E-state index in [1.807, 2.05) is 86.6 Å². The van der Waals surface area contributed by atoms with Crippen LogP contribution in [-0.2, 0) is 16.5 Å². The second kappa shape index (κ2) is 22.3. The molecule has 57 heavy (non-hydrogen) atoms. The number of aliphatic imine (C=N–C) groups is 1. The summed E-state index contributed by atoms with van der Waals surface area (Å²) >= 11 is 6.33. The molecule has 0 saturated carbocycles. The Bertz CT molecular complexity index is 2220. The molecule has 0 heterocycles. The third kappa shape index (κ3) is 12.0. The fourth-order valence-corrected chi connectivity index (χ4v) is 8.76. The minimum Gasteiger partial charge on any atom is -0.507 e. The molecule has 0 saturated heterocycles. The molecule has 0 aliphatic carbocycles. The number of phenols is 1. The Morgan fingerprint density at radius 2 is 0.947 bits per heavy atom. The largest absolute Gasteiger partial charge is 0.507 e. The first-order valence-corrected chi connectivity index (χ1v) is 20.4. The molecule has 0 spiro atoms. The van der Waals surface area contributed by atoms with Crippen LogP contribution in [0.5, 0.6) is 5.75 Å². The van der Waals surface area contributed by atoms with Gasteiger partial charge in [-0.2, -0.15) is 36.4 Å². The second-order valence-electron chi connectivity index (χ2n) is 13.2. The van der Waals surface area contributed by atoms with Gasteiger partial charge in [-0.3, -0.25) is 4.99 Å². The van der Waals surface area contributed by atoms with Gasteiger partial charge in [0.05, 0.1) is 5.69 Å². The van der Waals surface area contributed by atoms with Gasteiger partial charge in [0.25, 0.3) is 0 Å². The van der Waals surface area contributed by atoms with Crippen molar-refractivity contribution in [2.75, 3.05) is 0 Å². The van der Waals surface area contributed by atoms with Gasteiger partial charge in [0.2, 0.25) is 0 Å². The minimum absolute atomic E-state index is 0. The zero-order valence-electron chi connectivity index (χ0n) is 31.9. The first kappa shape index (κ1) is 42.6. The van der Waals surface area contributed by atoms with E-state index in [0.717, 1.165) is 33.5 Å². The summed E-state index contributed by atoms with van der Waals surface area (Å²) in [7, 11) is -0.446. The maximum atomic E-state index is 10.8. The van der Waals surface area contributed by atoms with Crippen molar-refractivity contribution in [1.29, 1.82) is 0 Å². The van der Waals surface area contributed by atoms with Crippen LogP contribution in [0.15, 0.2) is 217 Å². The van der Waals surface area contributed by atoms with Crippen molar-refractivity contribution < 1.29 is 21.6 Å². The van der Waals surface area contributed by atoms with Crippen LogP contribution in [0.25, 0.3) is 22.3 Å². The SMILES string of the molecule is CC(C)c1cc(Cl)cc(C=Nc2c(-c3ccccc3)cccc2-c2ccccc2)c1O.[Ni].[c-]1ccccc1.c1ccc(P(c2ccccc2)c2ccccc2)cc1. The molecule has 0 unspecified atom stereocenters. The average molecular weight is 824 g/mol. The zero-order valence-corrected chi connectivity index (χ0v) is 34.5. The molecule has 8 aromatic rings. The van der Waals surface area contributed by atoms with E-state index in [9.17, 15) is 5.11 Å². The van der Waals surface area contributed by atoms with Gasteiger partial charge in [0, 0.05) is 44.4 Å². The van der Waals surface area contributed by atoms with E-state index in [4.69, 9.17) is 16.6 Å². The van der Waals surface area contributed by atoms with Crippen molar-refractivity contribution in [2.24, 2.45) is 4.99 Å². The molecule has 0 radical (unpaired) electrons. The van der Waals surface area contributed by atoms with Gasteiger partial charge in [-0.25, -0.2) is 0 Å².